The Morgan fingerprint density at radius 1 is 1.18 bits per heavy atom. The van der Waals surface area contributed by atoms with Gasteiger partial charge in [-0.25, -0.2) is 0 Å². The van der Waals surface area contributed by atoms with Crippen molar-refractivity contribution in [2.75, 3.05) is 6.67 Å². The Kier molecular flexibility index (Phi) is 4.84. The van der Waals surface area contributed by atoms with Gasteiger partial charge in [0.05, 0.1) is 18.7 Å². The molecule has 0 aliphatic heterocycles. The van der Waals surface area contributed by atoms with Crippen molar-refractivity contribution in [3.8, 4) is 0 Å². The highest BCUT2D eigenvalue weighted by Crippen LogP contribution is 2.45. The summed E-state index contributed by atoms with van der Waals surface area (Å²) in [5.41, 5.74) is 2.78. The van der Waals surface area contributed by atoms with E-state index < -0.39 is 12.1 Å². The predicted octanol–water partition coefficient (Wildman–Crippen LogP) is 4.54. The van der Waals surface area contributed by atoms with Crippen LogP contribution in [-0.4, -0.2) is 28.0 Å². The Hall–Kier alpha value is -2.82. The number of carbonyl (C=O) groups excluding carboxylic acids is 2. The summed E-state index contributed by atoms with van der Waals surface area (Å²) < 4.78 is 15.2. The molecule has 0 saturated heterocycles. The number of nitrogens with zero attached hydrogens (tertiary/aromatic N) is 2. The summed E-state index contributed by atoms with van der Waals surface area (Å²) in [7, 11) is 0. The maximum atomic E-state index is 13.3. The van der Waals surface area contributed by atoms with Crippen molar-refractivity contribution >= 4 is 22.5 Å². The van der Waals surface area contributed by atoms with Crippen LogP contribution in [0, 0.1) is 5.41 Å². The molecule has 28 heavy (non-hydrogen) atoms. The van der Waals surface area contributed by atoms with E-state index in [1.807, 2.05) is 53.3 Å². The predicted molar refractivity (Wildman–Crippen MR) is 106 cm³/mol. The number of hydrogen-bond acceptors (Lipinski definition) is 3. The van der Waals surface area contributed by atoms with Crippen molar-refractivity contribution in [1.82, 2.24) is 9.78 Å². The van der Waals surface area contributed by atoms with Crippen LogP contribution in [0.25, 0.3) is 10.9 Å². The number of fused-ring (bicyclic) bond motifs is 3. The van der Waals surface area contributed by atoms with Gasteiger partial charge in [0.25, 0.3) is 0 Å². The molecule has 4 nitrogen and oxygen atoms in total. The average molecular weight is 378 g/mol. The lowest BCUT2D eigenvalue weighted by atomic mass is 9.76. The molecule has 4 rings (SSSR count). The summed E-state index contributed by atoms with van der Waals surface area (Å²) in [5.74, 6) is 0.00178. The molecule has 144 valence electrons. The first-order valence-electron chi connectivity index (χ1n) is 9.65. The molecular weight excluding hydrogens is 355 g/mol. The van der Waals surface area contributed by atoms with Crippen molar-refractivity contribution in [1.29, 1.82) is 0 Å². The van der Waals surface area contributed by atoms with Crippen molar-refractivity contribution in [3.05, 3.63) is 65.4 Å². The lowest BCUT2D eigenvalue weighted by molar-refractivity contribution is -0.117. The number of Topliss-reactive ketones (excluding diaryl/α,β-unsaturated/α-hetero) is 2. The largest absolute Gasteiger partial charge is 0.300 e. The van der Waals surface area contributed by atoms with Crippen molar-refractivity contribution < 1.29 is 14.0 Å². The summed E-state index contributed by atoms with van der Waals surface area (Å²) in [4.78, 5) is 24.7. The molecule has 1 aliphatic rings. The summed E-state index contributed by atoms with van der Waals surface area (Å²) in [6.45, 7) is 1.60. The highest BCUT2D eigenvalue weighted by Gasteiger charge is 2.45. The molecular formula is C23H23FN2O2. The monoisotopic (exact) mass is 378 g/mol. The number of benzene rings is 2. The fourth-order valence-corrected chi connectivity index (χ4v) is 4.28. The molecule has 0 saturated carbocycles. The quantitative estimate of drug-likeness (QED) is 0.607. The van der Waals surface area contributed by atoms with Gasteiger partial charge in [-0.05, 0) is 49.4 Å². The number of ketones is 2. The van der Waals surface area contributed by atoms with Crippen LogP contribution in [0.1, 0.15) is 47.7 Å². The standard InChI is InChI=1S/C23H23FN2O2/c1-16(27)9-10-23(11-12-24)13-19-18(22(23)28)7-8-21-20(19)15-26(25-21)14-17-5-3-2-4-6-17/h2-8,15H,9-14H2,1H3. The fraction of sp³-hybridized carbons (Fsp3) is 0.348. The molecule has 5 heteroatoms. The number of aromatic nitrogens is 2. The number of carbonyl (C=O) groups is 2. The molecule has 0 fully saturated rings. The Bertz CT molecular complexity index is 1040. The third-order valence-corrected chi connectivity index (χ3v) is 5.81. The van der Waals surface area contributed by atoms with Gasteiger partial charge in [0, 0.05) is 29.0 Å². The molecule has 1 heterocycles. The second kappa shape index (κ2) is 7.30. The number of rotatable bonds is 7. The number of halogens is 1. The van der Waals surface area contributed by atoms with Crippen molar-refractivity contribution in [2.24, 2.45) is 5.41 Å². The first-order valence-corrected chi connectivity index (χ1v) is 9.65. The molecule has 1 atom stereocenters. The summed E-state index contributed by atoms with van der Waals surface area (Å²) >= 11 is 0. The van der Waals surface area contributed by atoms with E-state index in [2.05, 4.69) is 5.10 Å². The van der Waals surface area contributed by atoms with Gasteiger partial charge < -0.3 is 4.79 Å². The third-order valence-electron chi connectivity index (χ3n) is 5.81. The topological polar surface area (TPSA) is 52.0 Å². The zero-order chi connectivity index (χ0) is 19.7. The molecule has 1 aliphatic carbocycles. The van der Waals surface area contributed by atoms with Gasteiger partial charge in [-0.2, -0.15) is 5.10 Å². The average Bonchev–Trinajstić information content (AvgIpc) is 3.21. The van der Waals surface area contributed by atoms with E-state index in [1.165, 1.54) is 6.92 Å². The lowest BCUT2D eigenvalue weighted by Crippen LogP contribution is -2.29. The van der Waals surface area contributed by atoms with Gasteiger partial charge >= 0.3 is 0 Å². The third kappa shape index (κ3) is 3.26. The maximum Gasteiger partial charge on any atom is 0.169 e. The van der Waals surface area contributed by atoms with Gasteiger partial charge in [0.15, 0.2) is 5.78 Å². The zero-order valence-corrected chi connectivity index (χ0v) is 16.0. The van der Waals surface area contributed by atoms with E-state index >= 15 is 0 Å². The first kappa shape index (κ1) is 18.5. The van der Waals surface area contributed by atoms with Crippen LogP contribution in [0.4, 0.5) is 4.39 Å². The van der Waals surface area contributed by atoms with E-state index in [-0.39, 0.29) is 18.0 Å². The molecule has 0 spiro atoms. The Morgan fingerprint density at radius 3 is 2.68 bits per heavy atom. The van der Waals surface area contributed by atoms with Crippen LogP contribution in [0.5, 0.6) is 0 Å². The maximum absolute atomic E-state index is 13.3. The minimum Gasteiger partial charge on any atom is -0.300 e. The molecule has 2 aromatic carbocycles. The summed E-state index contributed by atoms with van der Waals surface area (Å²) in [5, 5.41) is 5.61. The molecule has 0 N–H and O–H groups in total. The van der Waals surface area contributed by atoms with Crippen LogP contribution >= 0.6 is 0 Å². The molecule has 1 aromatic heterocycles. The van der Waals surface area contributed by atoms with E-state index in [0.717, 1.165) is 22.0 Å². The van der Waals surface area contributed by atoms with Crippen molar-refractivity contribution in [3.63, 3.8) is 0 Å². The van der Waals surface area contributed by atoms with E-state index in [1.54, 1.807) is 0 Å². The van der Waals surface area contributed by atoms with Gasteiger partial charge in [-0.3, -0.25) is 13.9 Å². The summed E-state index contributed by atoms with van der Waals surface area (Å²) in [6, 6.07) is 13.7. The van der Waals surface area contributed by atoms with Crippen LogP contribution in [-0.2, 0) is 17.8 Å². The number of alkyl halides is 1. The van der Waals surface area contributed by atoms with E-state index in [9.17, 15) is 14.0 Å². The van der Waals surface area contributed by atoms with Gasteiger partial charge in [0.2, 0.25) is 0 Å². The second-order valence-electron chi connectivity index (χ2n) is 7.76. The van der Waals surface area contributed by atoms with Crippen LogP contribution < -0.4 is 0 Å². The van der Waals surface area contributed by atoms with Crippen LogP contribution in [0.3, 0.4) is 0 Å². The minimum atomic E-state index is -0.807. The Morgan fingerprint density at radius 2 is 1.96 bits per heavy atom. The SMILES string of the molecule is CC(=O)CCC1(CCF)Cc2c(ccc3nn(Cc4ccccc4)cc23)C1=O. The summed E-state index contributed by atoms with van der Waals surface area (Å²) in [6.07, 6.45) is 3.32. The normalized spacial score (nSPS) is 18.6. The number of hydrogen-bond donors (Lipinski definition) is 0. The molecule has 0 bridgehead atoms. The smallest absolute Gasteiger partial charge is 0.169 e. The Labute approximate surface area is 163 Å². The van der Waals surface area contributed by atoms with Crippen LogP contribution in [0.15, 0.2) is 48.7 Å². The highest BCUT2D eigenvalue weighted by atomic mass is 19.1. The first-order chi connectivity index (χ1) is 13.5. The van der Waals surface area contributed by atoms with Gasteiger partial charge in [-0.15, -0.1) is 0 Å². The molecule has 0 radical (unpaired) electrons. The van der Waals surface area contributed by atoms with Gasteiger partial charge in [0.1, 0.15) is 5.78 Å². The zero-order valence-electron chi connectivity index (χ0n) is 16.0. The van der Waals surface area contributed by atoms with Gasteiger partial charge in [-0.1, -0.05) is 30.3 Å². The molecule has 1 unspecified atom stereocenters. The molecule has 0 amide bonds. The second-order valence-corrected chi connectivity index (χ2v) is 7.76. The van der Waals surface area contributed by atoms with E-state index in [0.29, 0.717) is 31.4 Å². The molecule has 3 aromatic rings. The van der Waals surface area contributed by atoms with Crippen molar-refractivity contribution in [2.45, 2.75) is 39.2 Å². The highest BCUT2D eigenvalue weighted by molar-refractivity contribution is 6.09. The van der Waals surface area contributed by atoms with Crippen LogP contribution in [0.2, 0.25) is 0 Å². The Balaban J connectivity index is 1.70. The lowest BCUT2D eigenvalue weighted by Gasteiger charge is -2.25. The minimum absolute atomic E-state index is 0.0286. The fourth-order valence-electron chi connectivity index (χ4n) is 4.28. The van der Waals surface area contributed by atoms with E-state index in [4.69, 9.17) is 0 Å².